The Morgan fingerprint density at radius 1 is 0.967 bits per heavy atom. The molecule has 0 bridgehead atoms. The summed E-state index contributed by atoms with van der Waals surface area (Å²) in [4.78, 5) is 15.0. The Morgan fingerprint density at radius 3 is 2.43 bits per heavy atom. The molecule has 2 fully saturated rings. The highest BCUT2D eigenvalue weighted by molar-refractivity contribution is 7.89. The Bertz CT molecular complexity index is 982. The van der Waals surface area contributed by atoms with Crippen LogP contribution >= 0.6 is 0 Å². The van der Waals surface area contributed by atoms with Crippen LogP contribution in [0.25, 0.3) is 0 Å². The van der Waals surface area contributed by atoms with Gasteiger partial charge in [0.25, 0.3) is 0 Å². The van der Waals surface area contributed by atoms with Crippen LogP contribution in [0.5, 0.6) is 0 Å². The first-order chi connectivity index (χ1) is 14.4. The van der Waals surface area contributed by atoms with Crippen molar-refractivity contribution in [3.05, 3.63) is 60.4 Å². The average molecular weight is 432 g/mol. The third-order valence-electron chi connectivity index (χ3n) is 5.83. The summed E-state index contributed by atoms with van der Waals surface area (Å²) < 4.78 is 40.3. The summed E-state index contributed by atoms with van der Waals surface area (Å²) >= 11 is 0. The summed E-state index contributed by atoms with van der Waals surface area (Å²) in [6.07, 6.45) is 2.18. The summed E-state index contributed by atoms with van der Waals surface area (Å²) in [6.45, 7) is 1.84. The van der Waals surface area contributed by atoms with Crippen LogP contribution in [-0.2, 0) is 14.8 Å². The van der Waals surface area contributed by atoms with Crippen molar-refractivity contribution >= 4 is 21.6 Å². The molecule has 2 atom stereocenters. The van der Waals surface area contributed by atoms with Crippen LogP contribution in [0.3, 0.4) is 0 Å². The van der Waals surface area contributed by atoms with Gasteiger partial charge >= 0.3 is 0 Å². The van der Waals surface area contributed by atoms with Crippen molar-refractivity contribution in [1.29, 1.82) is 0 Å². The number of piperidine rings is 1. The smallest absolute Gasteiger partial charge is 0.243 e. The fourth-order valence-electron chi connectivity index (χ4n) is 4.22. The lowest BCUT2D eigenvalue weighted by molar-refractivity contribution is -0.135. The summed E-state index contributed by atoms with van der Waals surface area (Å²) in [5.41, 5.74) is 1.03. The monoisotopic (exact) mass is 431 g/mol. The van der Waals surface area contributed by atoms with Crippen LogP contribution in [0.15, 0.2) is 59.5 Å². The van der Waals surface area contributed by atoms with E-state index in [0.717, 1.165) is 24.2 Å². The molecular weight excluding hydrogens is 405 g/mol. The van der Waals surface area contributed by atoms with Gasteiger partial charge in [-0.3, -0.25) is 4.79 Å². The molecule has 0 aliphatic carbocycles. The van der Waals surface area contributed by atoms with Gasteiger partial charge in [0.1, 0.15) is 5.82 Å². The minimum absolute atomic E-state index is 0.0198. The molecule has 2 aliphatic heterocycles. The van der Waals surface area contributed by atoms with Gasteiger partial charge < -0.3 is 10.2 Å². The Balaban J connectivity index is 1.38. The number of anilines is 1. The highest BCUT2D eigenvalue weighted by atomic mass is 32.2. The highest BCUT2D eigenvalue weighted by Gasteiger charge is 2.37. The number of hydrogen-bond donors (Lipinski definition) is 1. The van der Waals surface area contributed by atoms with Gasteiger partial charge in [-0.05, 0) is 55.7 Å². The predicted molar refractivity (Wildman–Crippen MR) is 113 cm³/mol. The van der Waals surface area contributed by atoms with E-state index in [0.29, 0.717) is 32.5 Å². The maximum atomic E-state index is 13.2. The minimum Gasteiger partial charge on any atom is -0.380 e. The molecule has 6 nitrogen and oxygen atoms in total. The van der Waals surface area contributed by atoms with Crippen molar-refractivity contribution in [2.24, 2.45) is 5.92 Å². The second kappa shape index (κ2) is 8.73. The number of sulfonamides is 1. The first-order valence-corrected chi connectivity index (χ1v) is 11.7. The van der Waals surface area contributed by atoms with E-state index >= 15 is 0 Å². The molecule has 2 unspecified atom stereocenters. The van der Waals surface area contributed by atoms with Crippen molar-refractivity contribution in [1.82, 2.24) is 9.21 Å². The number of hydrogen-bond acceptors (Lipinski definition) is 4. The number of rotatable bonds is 5. The summed E-state index contributed by atoms with van der Waals surface area (Å²) in [5.74, 6) is -0.802. The number of halogens is 1. The van der Waals surface area contributed by atoms with E-state index in [9.17, 15) is 17.6 Å². The van der Waals surface area contributed by atoms with E-state index < -0.39 is 15.8 Å². The number of para-hydroxylation sites is 1. The lowest BCUT2D eigenvalue weighted by atomic mass is 9.98. The Morgan fingerprint density at radius 2 is 1.70 bits per heavy atom. The maximum absolute atomic E-state index is 13.2. The van der Waals surface area contributed by atoms with Crippen LogP contribution in [0.2, 0.25) is 0 Å². The molecule has 30 heavy (non-hydrogen) atoms. The van der Waals surface area contributed by atoms with E-state index in [-0.39, 0.29) is 29.3 Å². The quantitative estimate of drug-likeness (QED) is 0.790. The first kappa shape index (κ1) is 20.8. The lowest BCUT2D eigenvalue weighted by Gasteiger charge is -2.33. The van der Waals surface area contributed by atoms with Gasteiger partial charge in [0.05, 0.1) is 10.8 Å². The Labute approximate surface area is 176 Å². The van der Waals surface area contributed by atoms with Gasteiger partial charge in [0.2, 0.25) is 15.9 Å². The molecule has 0 saturated carbocycles. The molecule has 8 heteroatoms. The van der Waals surface area contributed by atoms with Crippen LogP contribution in [0.4, 0.5) is 10.1 Å². The number of carbonyl (C=O) groups is 1. The molecule has 2 aromatic rings. The predicted octanol–water partition coefficient (Wildman–Crippen LogP) is 2.94. The molecule has 2 heterocycles. The minimum atomic E-state index is -3.74. The number of likely N-dealkylation sites (tertiary alicyclic amines) is 1. The number of amides is 1. The summed E-state index contributed by atoms with van der Waals surface area (Å²) in [7, 11) is -3.74. The van der Waals surface area contributed by atoms with Crippen LogP contribution < -0.4 is 5.32 Å². The zero-order chi connectivity index (χ0) is 21.1. The zero-order valence-electron chi connectivity index (χ0n) is 16.7. The average Bonchev–Trinajstić information content (AvgIpc) is 3.23. The summed E-state index contributed by atoms with van der Waals surface area (Å²) in [5, 5.41) is 3.46. The molecule has 0 aromatic heterocycles. The number of nitrogens with zero attached hydrogens (tertiary/aromatic N) is 2. The number of carbonyl (C=O) groups excluding carboxylic acids is 1. The SMILES string of the molecule is O=C(C1CCCN(S(=O)(=O)c2ccc(F)cc2)C1)N1CCC(Nc2ccccc2)C1. The third-order valence-corrected chi connectivity index (χ3v) is 7.71. The molecule has 4 rings (SSSR count). The molecule has 1 amide bonds. The van der Waals surface area contributed by atoms with Crippen molar-refractivity contribution in [2.75, 3.05) is 31.5 Å². The topological polar surface area (TPSA) is 69.7 Å². The van der Waals surface area contributed by atoms with Gasteiger partial charge in [-0.2, -0.15) is 4.31 Å². The molecule has 160 valence electrons. The van der Waals surface area contributed by atoms with Crippen LogP contribution in [0.1, 0.15) is 19.3 Å². The van der Waals surface area contributed by atoms with E-state index in [1.54, 1.807) is 0 Å². The van der Waals surface area contributed by atoms with E-state index in [4.69, 9.17) is 0 Å². The second-order valence-electron chi connectivity index (χ2n) is 7.94. The van der Waals surface area contributed by atoms with Gasteiger partial charge in [-0.15, -0.1) is 0 Å². The fraction of sp³-hybridized carbons (Fsp3) is 0.409. The zero-order valence-corrected chi connectivity index (χ0v) is 17.5. The molecule has 0 spiro atoms. The molecule has 2 aromatic carbocycles. The number of benzene rings is 2. The van der Waals surface area contributed by atoms with Crippen molar-refractivity contribution < 1.29 is 17.6 Å². The van der Waals surface area contributed by atoms with Crippen LogP contribution in [0, 0.1) is 11.7 Å². The highest BCUT2D eigenvalue weighted by Crippen LogP contribution is 2.27. The standard InChI is InChI=1S/C22H26FN3O3S/c23-18-8-10-21(11-9-18)30(28,29)26-13-4-5-17(15-26)22(27)25-14-12-20(16-25)24-19-6-2-1-3-7-19/h1-3,6-11,17,20,24H,4-5,12-16H2. The number of nitrogens with one attached hydrogen (secondary N) is 1. The lowest BCUT2D eigenvalue weighted by Crippen LogP contribution is -2.46. The Hall–Kier alpha value is -2.45. The largest absolute Gasteiger partial charge is 0.380 e. The van der Waals surface area contributed by atoms with Gasteiger partial charge in [0, 0.05) is 37.9 Å². The summed E-state index contributed by atoms with van der Waals surface area (Å²) in [6, 6.07) is 14.9. The van der Waals surface area contributed by atoms with Gasteiger partial charge in [0.15, 0.2) is 0 Å². The first-order valence-electron chi connectivity index (χ1n) is 10.3. The van der Waals surface area contributed by atoms with Crippen molar-refractivity contribution in [2.45, 2.75) is 30.2 Å². The van der Waals surface area contributed by atoms with Crippen molar-refractivity contribution in [3.8, 4) is 0 Å². The normalized spacial score (nSPS) is 22.8. The second-order valence-corrected chi connectivity index (χ2v) is 9.87. The van der Waals surface area contributed by atoms with Gasteiger partial charge in [-0.25, -0.2) is 12.8 Å². The molecule has 1 N–H and O–H groups in total. The van der Waals surface area contributed by atoms with Crippen LogP contribution in [-0.4, -0.2) is 55.8 Å². The van der Waals surface area contributed by atoms with E-state index in [1.165, 1.54) is 16.4 Å². The van der Waals surface area contributed by atoms with E-state index in [2.05, 4.69) is 5.32 Å². The molecule has 2 saturated heterocycles. The van der Waals surface area contributed by atoms with Gasteiger partial charge in [-0.1, -0.05) is 18.2 Å². The molecular formula is C22H26FN3O3S. The molecule has 2 aliphatic rings. The third kappa shape index (κ3) is 4.49. The van der Waals surface area contributed by atoms with Crippen molar-refractivity contribution in [3.63, 3.8) is 0 Å². The molecule has 0 radical (unpaired) electrons. The fourth-order valence-corrected chi connectivity index (χ4v) is 5.75. The van der Waals surface area contributed by atoms with E-state index in [1.807, 2.05) is 35.2 Å². The Kier molecular flexibility index (Phi) is 6.06. The maximum Gasteiger partial charge on any atom is 0.243 e.